The zero-order valence-corrected chi connectivity index (χ0v) is 17.3. The van der Waals surface area contributed by atoms with Crippen molar-refractivity contribution in [2.24, 2.45) is 0 Å². The van der Waals surface area contributed by atoms with Gasteiger partial charge in [-0.2, -0.15) is 0 Å². The molecule has 0 spiro atoms. The van der Waals surface area contributed by atoms with Crippen molar-refractivity contribution in [3.8, 4) is 5.75 Å². The van der Waals surface area contributed by atoms with Crippen LogP contribution in [0.4, 0.5) is 5.00 Å². The van der Waals surface area contributed by atoms with Gasteiger partial charge in [0.2, 0.25) is 0 Å². The van der Waals surface area contributed by atoms with Crippen molar-refractivity contribution in [1.29, 1.82) is 0 Å². The molecule has 0 bridgehead atoms. The van der Waals surface area contributed by atoms with Gasteiger partial charge >= 0.3 is 11.9 Å². The van der Waals surface area contributed by atoms with Gasteiger partial charge < -0.3 is 19.5 Å². The average Bonchev–Trinajstić information content (AvgIpc) is 2.97. The quantitative estimate of drug-likeness (QED) is 0.704. The van der Waals surface area contributed by atoms with E-state index in [2.05, 4.69) is 5.32 Å². The second-order valence-corrected chi connectivity index (χ2v) is 7.37. The van der Waals surface area contributed by atoms with E-state index in [1.54, 1.807) is 52.0 Å². The van der Waals surface area contributed by atoms with Crippen molar-refractivity contribution in [1.82, 2.24) is 0 Å². The van der Waals surface area contributed by atoms with Crippen LogP contribution < -0.4 is 10.1 Å². The molecule has 150 valence electrons. The number of ether oxygens (including phenoxy) is 3. The predicted molar refractivity (Wildman–Crippen MR) is 106 cm³/mol. The Morgan fingerprint density at radius 1 is 1.11 bits per heavy atom. The van der Waals surface area contributed by atoms with E-state index in [0.717, 1.165) is 11.3 Å². The van der Waals surface area contributed by atoms with Gasteiger partial charge in [-0.25, -0.2) is 9.59 Å². The second kappa shape index (κ2) is 8.88. The highest BCUT2D eigenvalue weighted by molar-refractivity contribution is 7.18. The first kappa shape index (κ1) is 21.4. The Labute approximate surface area is 167 Å². The molecule has 0 fully saturated rings. The molecule has 28 heavy (non-hydrogen) atoms. The molecular weight excluding hydrogens is 382 g/mol. The molecule has 1 heterocycles. The highest BCUT2D eigenvalue weighted by Gasteiger charge is 2.33. The number of benzene rings is 1. The molecule has 7 nitrogen and oxygen atoms in total. The fraction of sp³-hybridized carbons (Fsp3) is 0.350. The highest BCUT2D eigenvalue weighted by atomic mass is 32.1. The van der Waals surface area contributed by atoms with Crippen molar-refractivity contribution < 1.29 is 28.6 Å². The normalized spacial score (nSPS) is 10.9. The molecule has 0 aliphatic rings. The van der Waals surface area contributed by atoms with Crippen LogP contribution >= 0.6 is 11.3 Å². The highest BCUT2D eigenvalue weighted by Crippen LogP contribution is 2.35. The molecule has 0 aliphatic heterocycles. The van der Waals surface area contributed by atoms with E-state index in [-0.39, 0.29) is 22.0 Å². The molecule has 1 aromatic heterocycles. The summed E-state index contributed by atoms with van der Waals surface area (Å²) in [6.45, 7) is 6.67. The van der Waals surface area contributed by atoms with Gasteiger partial charge in [-0.1, -0.05) is 18.2 Å². The molecule has 0 saturated carbocycles. The summed E-state index contributed by atoms with van der Waals surface area (Å²) in [4.78, 5) is 37.4. The third kappa shape index (κ3) is 4.69. The summed E-state index contributed by atoms with van der Waals surface area (Å²) < 4.78 is 15.6. The van der Waals surface area contributed by atoms with Crippen molar-refractivity contribution in [2.45, 2.75) is 33.3 Å². The van der Waals surface area contributed by atoms with Gasteiger partial charge in [0, 0.05) is 0 Å². The molecule has 0 saturated heterocycles. The number of carbonyl (C=O) groups excluding carboxylic acids is 3. The Hall–Kier alpha value is -2.87. The molecule has 1 aromatic carbocycles. The summed E-state index contributed by atoms with van der Waals surface area (Å²) in [5.41, 5.74) is -0.695. The van der Waals surface area contributed by atoms with E-state index in [4.69, 9.17) is 14.2 Å². The zero-order valence-electron chi connectivity index (χ0n) is 16.5. The van der Waals surface area contributed by atoms with Crippen LogP contribution in [0.2, 0.25) is 0 Å². The van der Waals surface area contributed by atoms with Crippen LogP contribution in [0.25, 0.3) is 0 Å². The minimum atomic E-state index is -1.23. The number of rotatable bonds is 7. The van der Waals surface area contributed by atoms with Crippen molar-refractivity contribution >= 4 is 34.2 Å². The molecule has 0 radical (unpaired) electrons. The van der Waals surface area contributed by atoms with Gasteiger partial charge in [0.1, 0.15) is 15.6 Å². The van der Waals surface area contributed by atoms with Crippen molar-refractivity contribution in [2.75, 3.05) is 19.0 Å². The number of para-hydroxylation sites is 1. The van der Waals surface area contributed by atoms with Gasteiger partial charge in [0.25, 0.3) is 5.91 Å². The lowest BCUT2D eigenvalue weighted by Gasteiger charge is -2.25. The van der Waals surface area contributed by atoms with Gasteiger partial charge in [0.05, 0.1) is 19.3 Å². The summed E-state index contributed by atoms with van der Waals surface area (Å²) in [7, 11) is 1.25. The van der Waals surface area contributed by atoms with Crippen LogP contribution in [0.3, 0.4) is 0 Å². The van der Waals surface area contributed by atoms with Gasteiger partial charge in [0.15, 0.2) is 5.60 Å². The third-order valence-electron chi connectivity index (χ3n) is 3.89. The maximum Gasteiger partial charge on any atom is 0.348 e. The molecule has 0 unspecified atom stereocenters. The Morgan fingerprint density at radius 3 is 2.32 bits per heavy atom. The first-order valence-corrected chi connectivity index (χ1v) is 9.47. The smallest absolute Gasteiger partial charge is 0.348 e. The molecule has 8 heteroatoms. The number of anilines is 1. The number of esters is 2. The maximum absolute atomic E-state index is 12.8. The lowest BCUT2D eigenvalue weighted by Crippen LogP contribution is -2.42. The number of thiophene rings is 1. The third-order valence-corrected chi connectivity index (χ3v) is 5.07. The predicted octanol–water partition coefficient (Wildman–Crippen LogP) is 3.82. The number of amides is 1. The molecule has 2 aromatic rings. The van der Waals surface area contributed by atoms with Crippen molar-refractivity contribution in [3.63, 3.8) is 0 Å². The summed E-state index contributed by atoms with van der Waals surface area (Å²) in [6.07, 6.45) is 0. The summed E-state index contributed by atoms with van der Waals surface area (Å²) >= 11 is 0.961. The van der Waals surface area contributed by atoms with Crippen LogP contribution in [0, 0.1) is 6.92 Å². The van der Waals surface area contributed by atoms with E-state index < -0.39 is 23.4 Å². The van der Waals surface area contributed by atoms with Gasteiger partial charge in [-0.3, -0.25) is 4.79 Å². The minimum absolute atomic E-state index is 0.135. The lowest BCUT2D eigenvalue weighted by molar-refractivity contribution is -0.128. The van der Waals surface area contributed by atoms with Gasteiger partial charge in [-0.05, 0) is 45.4 Å². The van der Waals surface area contributed by atoms with E-state index in [0.29, 0.717) is 11.3 Å². The molecule has 2 rings (SSSR count). The fourth-order valence-electron chi connectivity index (χ4n) is 2.42. The number of hydrogen-bond donors (Lipinski definition) is 1. The van der Waals surface area contributed by atoms with Gasteiger partial charge in [-0.15, -0.1) is 11.3 Å². The van der Waals surface area contributed by atoms with Crippen LogP contribution in [-0.4, -0.2) is 37.2 Å². The first-order chi connectivity index (χ1) is 13.2. The largest absolute Gasteiger partial charge is 0.478 e. The monoisotopic (exact) mass is 405 g/mol. The zero-order chi connectivity index (χ0) is 20.9. The van der Waals surface area contributed by atoms with Crippen molar-refractivity contribution in [3.05, 3.63) is 46.3 Å². The van der Waals surface area contributed by atoms with Crippen LogP contribution in [0.15, 0.2) is 30.3 Å². The molecule has 1 amide bonds. The summed E-state index contributed by atoms with van der Waals surface area (Å²) in [5.74, 6) is -1.15. The average molecular weight is 405 g/mol. The Morgan fingerprint density at radius 2 is 1.75 bits per heavy atom. The number of methoxy groups -OCH3 is 1. The lowest BCUT2D eigenvalue weighted by atomic mass is 10.1. The summed E-state index contributed by atoms with van der Waals surface area (Å²) in [5, 5.41) is 2.91. The molecule has 0 atom stereocenters. The minimum Gasteiger partial charge on any atom is -0.478 e. The van der Waals surface area contributed by atoms with E-state index in [9.17, 15) is 14.4 Å². The number of carbonyl (C=O) groups is 3. The Kier molecular flexibility index (Phi) is 6.80. The SMILES string of the molecule is CCOC(=O)c1c(NC(=O)C(C)(C)Oc2ccccc2)sc(C(=O)OC)c1C. The standard InChI is InChI=1S/C20H23NO6S/c1-6-26-17(22)14-12(2)15(18(23)25-5)28-16(14)21-19(24)20(3,4)27-13-10-8-7-9-11-13/h7-11H,6H2,1-5H3,(H,21,24). The number of hydrogen-bond acceptors (Lipinski definition) is 7. The maximum atomic E-state index is 12.8. The Bertz CT molecular complexity index is 872. The number of nitrogens with one attached hydrogen (secondary N) is 1. The van der Waals surface area contributed by atoms with Crippen LogP contribution in [0.1, 0.15) is 46.4 Å². The summed E-state index contributed by atoms with van der Waals surface area (Å²) in [6, 6.07) is 8.92. The first-order valence-electron chi connectivity index (χ1n) is 8.65. The molecule has 0 aliphatic carbocycles. The van der Waals surface area contributed by atoms with E-state index >= 15 is 0 Å². The van der Waals surface area contributed by atoms with Crippen LogP contribution in [-0.2, 0) is 14.3 Å². The fourth-order valence-corrected chi connectivity index (χ4v) is 3.53. The van der Waals surface area contributed by atoms with E-state index in [1.165, 1.54) is 7.11 Å². The molecular formula is C20H23NO6S. The van der Waals surface area contributed by atoms with Crippen LogP contribution in [0.5, 0.6) is 5.75 Å². The topological polar surface area (TPSA) is 90.9 Å². The molecule has 1 N–H and O–H groups in total. The second-order valence-electron chi connectivity index (χ2n) is 6.35. The Balaban J connectivity index is 2.34. The van der Waals surface area contributed by atoms with E-state index in [1.807, 2.05) is 6.07 Å².